The Hall–Kier alpha value is -4.59. The number of hydrogen-bond donors (Lipinski definition) is 0. The Kier molecular flexibility index (Phi) is 9.39. The maximum absolute atomic E-state index is 14.1. The highest BCUT2D eigenvalue weighted by Gasteiger charge is 2.35. The molecule has 1 atom stereocenters. The van der Waals surface area contributed by atoms with E-state index in [0.29, 0.717) is 47.7 Å². The van der Waals surface area contributed by atoms with Crippen LogP contribution in [0.1, 0.15) is 36.8 Å². The van der Waals surface area contributed by atoms with Crippen LogP contribution in [0.5, 0.6) is 5.75 Å². The molecule has 238 valence electrons. The van der Waals surface area contributed by atoms with Crippen LogP contribution in [-0.4, -0.2) is 22.1 Å². The highest BCUT2D eigenvalue weighted by molar-refractivity contribution is 9.11. The number of ether oxygens (including phenoxy) is 2. The number of allylic oxidation sites excluding steroid dienone is 1. The normalized spacial score (nSPS) is 14.5. The molecular formula is C34H25Br2N3O7S. The van der Waals surface area contributed by atoms with Crippen LogP contribution in [0.4, 0.5) is 5.69 Å². The Morgan fingerprint density at radius 2 is 1.83 bits per heavy atom. The fraction of sp³-hybridized carbons (Fsp3) is 0.147. The number of non-ortho nitro benzene ring substituents is 1. The highest BCUT2D eigenvalue weighted by Crippen LogP contribution is 2.37. The minimum atomic E-state index is -0.980. The maximum Gasteiger partial charge on any atom is 0.338 e. The maximum atomic E-state index is 14.1. The fourth-order valence-corrected chi connectivity index (χ4v) is 7.67. The van der Waals surface area contributed by atoms with Gasteiger partial charge in [0, 0.05) is 17.7 Å². The van der Waals surface area contributed by atoms with E-state index in [1.807, 2.05) is 42.5 Å². The first-order valence-electron chi connectivity index (χ1n) is 14.3. The van der Waals surface area contributed by atoms with Crippen molar-refractivity contribution in [1.29, 1.82) is 0 Å². The Morgan fingerprint density at radius 3 is 2.53 bits per heavy atom. The lowest BCUT2D eigenvalue weighted by molar-refractivity contribution is -0.384. The zero-order valence-electron chi connectivity index (χ0n) is 24.9. The summed E-state index contributed by atoms with van der Waals surface area (Å²) in [7, 11) is 0. The SMILES string of the molecule is CCOC(=O)C1=C(C)N=c2s/c(=C\c3cc(Br)c(OCc4ccccc4)c(Br)c3)c(=O)n2[C@H]1c1ccc(-c2cccc([N+](=O)[O-])c2)o1. The molecule has 5 aromatic rings. The number of rotatable bonds is 9. The number of furan rings is 1. The van der Waals surface area contributed by atoms with E-state index in [0.717, 1.165) is 11.1 Å². The summed E-state index contributed by atoms with van der Waals surface area (Å²) in [4.78, 5) is 43.2. The second-order valence-corrected chi connectivity index (χ2v) is 13.1. The first kappa shape index (κ1) is 32.4. The zero-order chi connectivity index (χ0) is 33.2. The lowest BCUT2D eigenvalue weighted by Gasteiger charge is -2.22. The summed E-state index contributed by atoms with van der Waals surface area (Å²) in [6.45, 7) is 3.88. The smallest absolute Gasteiger partial charge is 0.338 e. The molecular weight excluding hydrogens is 754 g/mol. The van der Waals surface area contributed by atoms with Crippen molar-refractivity contribution >= 4 is 60.9 Å². The molecule has 6 rings (SSSR count). The second kappa shape index (κ2) is 13.6. The van der Waals surface area contributed by atoms with Crippen molar-refractivity contribution in [1.82, 2.24) is 4.57 Å². The molecule has 13 heteroatoms. The van der Waals surface area contributed by atoms with E-state index in [1.165, 1.54) is 28.0 Å². The predicted molar refractivity (Wildman–Crippen MR) is 184 cm³/mol. The Bertz CT molecular complexity index is 2220. The van der Waals surface area contributed by atoms with E-state index >= 15 is 0 Å². The molecule has 3 aromatic carbocycles. The van der Waals surface area contributed by atoms with Crippen LogP contribution in [0.25, 0.3) is 17.4 Å². The zero-order valence-corrected chi connectivity index (χ0v) is 28.9. The first-order valence-corrected chi connectivity index (χ1v) is 16.7. The average Bonchev–Trinajstić information content (AvgIpc) is 3.65. The number of carbonyl (C=O) groups is 1. The van der Waals surface area contributed by atoms with Crippen molar-refractivity contribution < 1.29 is 23.6 Å². The summed E-state index contributed by atoms with van der Waals surface area (Å²) < 4.78 is 20.8. The van der Waals surface area contributed by atoms with E-state index in [1.54, 1.807) is 44.2 Å². The molecule has 0 amide bonds. The molecule has 0 unspecified atom stereocenters. The van der Waals surface area contributed by atoms with Crippen molar-refractivity contribution in [3.8, 4) is 17.1 Å². The molecule has 0 saturated carbocycles. The van der Waals surface area contributed by atoms with E-state index < -0.39 is 16.9 Å². The summed E-state index contributed by atoms with van der Waals surface area (Å²) in [6, 6.07) is 21.9. The first-order chi connectivity index (χ1) is 22.6. The third kappa shape index (κ3) is 6.64. The molecule has 2 aromatic heterocycles. The quantitative estimate of drug-likeness (QED) is 0.0891. The number of nitro benzene ring substituents is 1. The predicted octanol–water partition coefficient (Wildman–Crippen LogP) is 7.07. The number of nitrogens with zero attached hydrogens (tertiary/aromatic N) is 3. The van der Waals surface area contributed by atoms with Crippen LogP contribution in [0.3, 0.4) is 0 Å². The van der Waals surface area contributed by atoms with Gasteiger partial charge >= 0.3 is 5.97 Å². The second-order valence-electron chi connectivity index (χ2n) is 10.4. The summed E-state index contributed by atoms with van der Waals surface area (Å²) in [6.07, 6.45) is 1.75. The van der Waals surface area contributed by atoms with Gasteiger partial charge in [-0.2, -0.15) is 0 Å². The molecule has 0 spiro atoms. The van der Waals surface area contributed by atoms with Gasteiger partial charge in [0.1, 0.15) is 29.9 Å². The van der Waals surface area contributed by atoms with Crippen LogP contribution in [-0.2, 0) is 16.1 Å². The van der Waals surface area contributed by atoms with Gasteiger partial charge in [-0.05, 0) is 87.2 Å². The third-order valence-corrected chi connectivity index (χ3v) is 9.46. The van der Waals surface area contributed by atoms with Gasteiger partial charge in [-0.25, -0.2) is 9.79 Å². The van der Waals surface area contributed by atoms with Gasteiger partial charge in [-0.3, -0.25) is 19.5 Å². The third-order valence-electron chi connectivity index (χ3n) is 7.30. The summed E-state index contributed by atoms with van der Waals surface area (Å²) in [5, 5.41) is 11.4. The minimum absolute atomic E-state index is 0.0922. The fourth-order valence-electron chi connectivity index (χ4n) is 5.17. The van der Waals surface area contributed by atoms with Crippen molar-refractivity contribution in [2.24, 2.45) is 4.99 Å². The number of hydrogen-bond acceptors (Lipinski definition) is 9. The molecule has 0 N–H and O–H groups in total. The Balaban J connectivity index is 1.41. The topological polar surface area (TPSA) is 126 Å². The van der Waals surface area contributed by atoms with Gasteiger partial charge < -0.3 is 13.9 Å². The minimum Gasteiger partial charge on any atom is -0.487 e. The number of thiazole rings is 1. The molecule has 0 fully saturated rings. The largest absolute Gasteiger partial charge is 0.487 e. The number of carbonyl (C=O) groups excluding carboxylic acids is 1. The molecule has 1 aliphatic heterocycles. The molecule has 3 heterocycles. The average molecular weight is 779 g/mol. The van der Waals surface area contributed by atoms with E-state index in [4.69, 9.17) is 13.9 Å². The summed E-state index contributed by atoms with van der Waals surface area (Å²) >= 11 is 8.38. The van der Waals surface area contributed by atoms with Crippen LogP contribution >= 0.6 is 43.2 Å². The van der Waals surface area contributed by atoms with Gasteiger partial charge in [-0.15, -0.1) is 0 Å². The monoisotopic (exact) mass is 777 g/mol. The molecule has 0 saturated heterocycles. The number of halogens is 2. The molecule has 0 aliphatic carbocycles. The van der Waals surface area contributed by atoms with Crippen molar-refractivity contribution in [3.05, 3.63) is 146 Å². The van der Waals surface area contributed by atoms with Crippen LogP contribution in [0, 0.1) is 10.1 Å². The number of fused-ring (bicyclic) bond motifs is 1. The lowest BCUT2D eigenvalue weighted by atomic mass is 10.0. The number of esters is 1. The van der Waals surface area contributed by atoms with E-state index in [9.17, 15) is 19.7 Å². The van der Waals surface area contributed by atoms with Crippen LogP contribution in [0.2, 0.25) is 0 Å². The standard InChI is InChI=1S/C34H25Br2N3O7S/c1-3-44-33(41)29-19(2)37-34-38(30(29)27-13-12-26(46-27)22-10-7-11-23(17-22)39(42)43)32(40)28(47-34)16-21-14-24(35)31(25(36)15-21)45-18-20-8-5-4-6-9-20/h4-17,30H,3,18H2,1-2H3/b28-16-/t30-/m0/s1. The van der Waals surface area contributed by atoms with Gasteiger partial charge in [0.15, 0.2) is 4.80 Å². The van der Waals surface area contributed by atoms with Crippen LogP contribution < -0.4 is 19.6 Å². The van der Waals surface area contributed by atoms with Crippen molar-refractivity contribution in [2.75, 3.05) is 6.61 Å². The van der Waals surface area contributed by atoms with Crippen molar-refractivity contribution in [3.63, 3.8) is 0 Å². The van der Waals surface area contributed by atoms with Gasteiger partial charge in [-0.1, -0.05) is 53.8 Å². The van der Waals surface area contributed by atoms with Crippen molar-refractivity contribution in [2.45, 2.75) is 26.5 Å². The van der Waals surface area contributed by atoms with E-state index in [2.05, 4.69) is 36.9 Å². The molecule has 10 nitrogen and oxygen atoms in total. The van der Waals surface area contributed by atoms with Gasteiger partial charge in [0.05, 0.1) is 36.3 Å². The summed E-state index contributed by atoms with van der Waals surface area (Å²) in [5.74, 6) is 0.620. The summed E-state index contributed by atoms with van der Waals surface area (Å²) in [5.41, 5.74) is 2.31. The van der Waals surface area contributed by atoms with Gasteiger partial charge in [0.2, 0.25) is 0 Å². The Labute approximate surface area is 288 Å². The van der Waals surface area contributed by atoms with Crippen LogP contribution in [0.15, 0.2) is 113 Å². The van der Waals surface area contributed by atoms with E-state index in [-0.39, 0.29) is 29.2 Å². The molecule has 0 bridgehead atoms. The number of benzene rings is 3. The lowest BCUT2D eigenvalue weighted by Crippen LogP contribution is -2.39. The highest BCUT2D eigenvalue weighted by atomic mass is 79.9. The number of aromatic nitrogens is 1. The number of nitro groups is 1. The van der Waals surface area contributed by atoms with Gasteiger partial charge in [0.25, 0.3) is 11.2 Å². The molecule has 47 heavy (non-hydrogen) atoms. The Morgan fingerprint density at radius 1 is 1.09 bits per heavy atom. The molecule has 1 aliphatic rings. The molecule has 0 radical (unpaired) electrons.